The zero-order chi connectivity index (χ0) is 23.9. The van der Waals surface area contributed by atoms with E-state index in [-0.39, 0.29) is 13.2 Å². The minimum atomic E-state index is -0.568. The summed E-state index contributed by atoms with van der Waals surface area (Å²) in [7, 11) is 1.62. The molecule has 9 nitrogen and oxygen atoms in total. The lowest BCUT2D eigenvalue weighted by Gasteiger charge is -2.11. The first-order valence-electron chi connectivity index (χ1n) is 10.6. The van der Waals surface area contributed by atoms with Gasteiger partial charge in [-0.05, 0) is 36.6 Å². The molecule has 0 aliphatic carbocycles. The lowest BCUT2D eigenvalue weighted by Crippen LogP contribution is -2.30. The second kappa shape index (κ2) is 14.8. The van der Waals surface area contributed by atoms with Crippen LogP contribution in [0.4, 0.5) is 4.79 Å². The number of benzene rings is 2. The summed E-state index contributed by atoms with van der Waals surface area (Å²) in [6.45, 7) is 7.77. The third kappa shape index (κ3) is 9.90. The largest absolute Gasteiger partial charge is 0.491 e. The van der Waals surface area contributed by atoms with Crippen LogP contribution in [0.2, 0.25) is 0 Å². The standard InChI is InChI=1S/C24H31NO8/c1-18(2)23(26)32-16-14-30-13-12-29-10-9-25-24(27)33-20-7-8-21-19(17-20)5-4-6-22(21)31-15-11-28-3/h4-8,17H,1,9-16H2,2-3H3,(H,25,27). The minimum absolute atomic E-state index is 0.163. The molecule has 0 fully saturated rings. The van der Waals surface area contributed by atoms with Crippen molar-refractivity contribution in [2.45, 2.75) is 6.92 Å². The number of hydrogen-bond donors (Lipinski definition) is 1. The van der Waals surface area contributed by atoms with Gasteiger partial charge in [0.25, 0.3) is 0 Å². The summed E-state index contributed by atoms with van der Waals surface area (Å²) in [4.78, 5) is 23.2. The molecule has 1 amide bonds. The smallest absolute Gasteiger partial charge is 0.412 e. The Balaban J connectivity index is 1.61. The number of carbonyl (C=O) groups is 2. The average molecular weight is 462 g/mol. The van der Waals surface area contributed by atoms with Crippen LogP contribution in [0.25, 0.3) is 10.8 Å². The van der Waals surface area contributed by atoms with Crippen LogP contribution in [0.3, 0.4) is 0 Å². The molecule has 0 bridgehead atoms. The molecular weight excluding hydrogens is 430 g/mol. The maximum Gasteiger partial charge on any atom is 0.412 e. The summed E-state index contributed by atoms with van der Waals surface area (Å²) in [6, 6.07) is 11.0. The van der Waals surface area contributed by atoms with E-state index in [4.69, 9.17) is 28.4 Å². The maximum atomic E-state index is 12.0. The lowest BCUT2D eigenvalue weighted by molar-refractivity contribution is -0.140. The highest BCUT2D eigenvalue weighted by Crippen LogP contribution is 2.28. The van der Waals surface area contributed by atoms with Crippen LogP contribution in [0.5, 0.6) is 11.5 Å². The molecule has 2 aromatic carbocycles. The Morgan fingerprint density at radius 1 is 0.939 bits per heavy atom. The fourth-order valence-electron chi connectivity index (χ4n) is 2.66. The summed E-state index contributed by atoms with van der Waals surface area (Å²) in [5.41, 5.74) is 0.349. The van der Waals surface area contributed by atoms with Gasteiger partial charge in [0.1, 0.15) is 24.7 Å². The van der Waals surface area contributed by atoms with Crippen molar-refractivity contribution >= 4 is 22.8 Å². The molecule has 0 atom stereocenters. The highest BCUT2D eigenvalue weighted by molar-refractivity contribution is 5.90. The first-order chi connectivity index (χ1) is 16.0. The first kappa shape index (κ1) is 26.1. The van der Waals surface area contributed by atoms with Crippen molar-refractivity contribution in [3.05, 3.63) is 48.6 Å². The minimum Gasteiger partial charge on any atom is -0.491 e. The molecule has 2 aromatic rings. The van der Waals surface area contributed by atoms with Crippen LogP contribution in [0, 0.1) is 0 Å². The van der Waals surface area contributed by atoms with E-state index in [1.807, 2.05) is 24.3 Å². The highest BCUT2D eigenvalue weighted by atomic mass is 16.6. The normalized spacial score (nSPS) is 10.6. The Labute approximate surface area is 193 Å². The molecule has 0 saturated carbocycles. The van der Waals surface area contributed by atoms with Gasteiger partial charge in [-0.2, -0.15) is 0 Å². The number of nitrogens with one attached hydrogen (secondary N) is 1. The second-order valence-corrected chi connectivity index (χ2v) is 6.94. The van der Waals surface area contributed by atoms with E-state index in [1.165, 1.54) is 0 Å². The molecular formula is C24H31NO8. The highest BCUT2D eigenvalue weighted by Gasteiger charge is 2.07. The van der Waals surface area contributed by atoms with Crippen molar-refractivity contribution in [2.24, 2.45) is 0 Å². The number of hydrogen-bond acceptors (Lipinski definition) is 8. The van der Waals surface area contributed by atoms with Crippen LogP contribution in [-0.2, 0) is 23.7 Å². The van der Waals surface area contributed by atoms with Gasteiger partial charge in [-0.15, -0.1) is 0 Å². The van der Waals surface area contributed by atoms with E-state index in [0.717, 1.165) is 16.5 Å². The zero-order valence-electron chi connectivity index (χ0n) is 19.1. The lowest BCUT2D eigenvalue weighted by atomic mass is 10.1. The Kier molecular flexibility index (Phi) is 11.7. The monoisotopic (exact) mass is 461 g/mol. The van der Waals surface area contributed by atoms with Crippen molar-refractivity contribution in [2.75, 3.05) is 59.9 Å². The van der Waals surface area contributed by atoms with E-state index in [2.05, 4.69) is 11.9 Å². The number of esters is 1. The molecule has 0 saturated heterocycles. The van der Waals surface area contributed by atoms with Crippen LogP contribution in [0.15, 0.2) is 48.6 Å². The number of carbonyl (C=O) groups excluding carboxylic acids is 2. The van der Waals surface area contributed by atoms with E-state index in [9.17, 15) is 9.59 Å². The molecule has 180 valence electrons. The van der Waals surface area contributed by atoms with Crippen LogP contribution < -0.4 is 14.8 Å². The summed E-state index contributed by atoms with van der Waals surface area (Å²) < 4.78 is 31.6. The third-order valence-electron chi connectivity index (χ3n) is 4.26. The van der Waals surface area contributed by atoms with Gasteiger partial charge in [0.15, 0.2) is 0 Å². The number of ether oxygens (including phenoxy) is 6. The van der Waals surface area contributed by atoms with Gasteiger partial charge in [-0.1, -0.05) is 18.7 Å². The summed E-state index contributed by atoms with van der Waals surface area (Å²) >= 11 is 0. The van der Waals surface area contributed by atoms with Gasteiger partial charge in [-0.3, -0.25) is 0 Å². The molecule has 0 radical (unpaired) electrons. The van der Waals surface area contributed by atoms with Gasteiger partial charge >= 0.3 is 12.1 Å². The second-order valence-electron chi connectivity index (χ2n) is 6.94. The van der Waals surface area contributed by atoms with Gasteiger partial charge in [-0.25, -0.2) is 9.59 Å². The van der Waals surface area contributed by atoms with Gasteiger partial charge in [0.2, 0.25) is 0 Å². The molecule has 33 heavy (non-hydrogen) atoms. The number of methoxy groups -OCH3 is 1. The summed E-state index contributed by atoms with van der Waals surface area (Å²) in [5, 5.41) is 4.45. The van der Waals surface area contributed by atoms with Gasteiger partial charge in [0.05, 0.1) is 33.0 Å². The molecule has 1 N–H and O–H groups in total. The molecule has 0 heterocycles. The summed E-state index contributed by atoms with van der Waals surface area (Å²) in [6.07, 6.45) is -0.568. The predicted octanol–water partition coefficient (Wildman–Crippen LogP) is 3.11. The summed E-state index contributed by atoms with van der Waals surface area (Å²) in [5.74, 6) is 0.735. The van der Waals surface area contributed by atoms with Gasteiger partial charge < -0.3 is 33.7 Å². The third-order valence-corrected chi connectivity index (χ3v) is 4.26. The van der Waals surface area contributed by atoms with Crippen LogP contribution in [-0.4, -0.2) is 72.0 Å². The average Bonchev–Trinajstić information content (AvgIpc) is 2.80. The first-order valence-corrected chi connectivity index (χ1v) is 10.6. The van der Waals surface area contributed by atoms with E-state index >= 15 is 0 Å². The van der Waals surface area contributed by atoms with Crippen molar-refractivity contribution in [3.8, 4) is 11.5 Å². The van der Waals surface area contributed by atoms with Crippen LogP contribution in [0.1, 0.15) is 6.92 Å². The fourth-order valence-corrected chi connectivity index (χ4v) is 2.66. The van der Waals surface area contributed by atoms with Crippen molar-refractivity contribution < 1.29 is 38.0 Å². The quantitative estimate of drug-likeness (QED) is 0.245. The predicted molar refractivity (Wildman–Crippen MR) is 123 cm³/mol. The Morgan fingerprint density at radius 2 is 1.70 bits per heavy atom. The van der Waals surface area contributed by atoms with E-state index in [1.54, 1.807) is 26.2 Å². The van der Waals surface area contributed by atoms with E-state index in [0.29, 0.717) is 50.9 Å². The number of amides is 1. The molecule has 0 unspecified atom stereocenters. The SMILES string of the molecule is C=C(C)C(=O)OCCOCCOCCNC(=O)Oc1ccc2c(OCCOC)cccc2c1. The molecule has 2 rings (SSSR count). The Bertz CT molecular complexity index is 914. The molecule has 0 aliphatic heterocycles. The van der Waals surface area contributed by atoms with Crippen molar-refractivity contribution in [1.82, 2.24) is 5.32 Å². The molecule has 0 spiro atoms. The maximum absolute atomic E-state index is 12.0. The van der Waals surface area contributed by atoms with Crippen molar-refractivity contribution in [1.29, 1.82) is 0 Å². The molecule has 0 aliphatic rings. The van der Waals surface area contributed by atoms with E-state index < -0.39 is 12.1 Å². The molecule has 0 aromatic heterocycles. The van der Waals surface area contributed by atoms with Crippen molar-refractivity contribution in [3.63, 3.8) is 0 Å². The molecule has 9 heteroatoms. The Hall–Kier alpha value is -3.14. The topological polar surface area (TPSA) is 102 Å². The van der Waals surface area contributed by atoms with Crippen LogP contribution >= 0.6 is 0 Å². The zero-order valence-corrected chi connectivity index (χ0v) is 19.1. The fraction of sp³-hybridized carbons (Fsp3) is 0.417. The number of rotatable bonds is 15. The Morgan fingerprint density at radius 3 is 2.45 bits per heavy atom. The van der Waals surface area contributed by atoms with Gasteiger partial charge in [0, 0.05) is 24.6 Å². The number of fused-ring (bicyclic) bond motifs is 1.